The predicted octanol–water partition coefficient (Wildman–Crippen LogP) is 0.246. The molecule has 0 bridgehead atoms. The molecule has 1 N–H and O–H groups in total. The first kappa shape index (κ1) is 18.9. The molecule has 1 aliphatic heterocycles. The minimum Gasteiger partial charge on any atom is -0.483 e. The van der Waals surface area contributed by atoms with E-state index in [1.165, 1.54) is 6.20 Å². The number of ether oxygens (including phenoxy) is 1. The zero-order chi connectivity index (χ0) is 18.1. The Kier molecular flexibility index (Phi) is 7.42. The largest absolute Gasteiger partial charge is 0.483 e. The minimum absolute atomic E-state index is 0.105. The lowest BCUT2D eigenvalue weighted by Gasteiger charge is -2.32. The number of piperidine rings is 1. The monoisotopic (exact) mass is 349 g/mol. The molecule has 0 aromatic carbocycles. The second kappa shape index (κ2) is 9.80. The summed E-state index contributed by atoms with van der Waals surface area (Å²) in [5.41, 5.74) is 0.651. The number of hydrogen-bond acceptors (Lipinski definition) is 7. The molecule has 1 atom stereocenters. The maximum atomic E-state index is 12.4. The van der Waals surface area contributed by atoms with E-state index in [2.05, 4.69) is 19.9 Å². The minimum atomic E-state index is -0.250. The van der Waals surface area contributed by atoms with Crippen LogP contribution in [-0.2, 0) is 16.1 Å². The molecule has 0 radical (unpaired) electrons. The summed E-state index contributed by atoms with van der Waals surface area (Å²) in [5.74, 6) is 0.458. The molecule has 1 unspecified atom stereocenters. The molecule has 2 aromatic rings. The fourth-order valence-corrected chi connectivity index (χ4v) is 3.02. The van der Waals surface area contributed by atoms with E-state index in [9.17, 15) is 4.79 Å². The van der Waals surface area contributed by atoms with Crippen molar-refractivity contribution in [1.29, 1.82) is 0 Å². The van der Waals surface area contributed by atoms with Gasteiger partial charge in [0.15, 0.2) is 11.2 Å². The highest BCUT2D eigenvalue weighted by molar-refractivity contribution is 5.66. The van der Waals surface area contributed by atoms with Crippen molar-refractivity contribution in [2.75, 3.05) is 33.4 Å². The SMILES string of the molecule is COCCN1CCCC(Cn2cnc3nccnc3c2=O)C1.O=CO. The van der Waals surface area contributed by atoms with Gasteiger partial charge in [-0.1, -0.05) is 0 Å². The predicted molar refractivity (Wildman–Crippen MR) is 91.3 cm³/mol. The Morgan fingerprint density at radius 1 is 1.36 bits per heavy atom. The lowest BCUT2D eigenvalue weighted by molar-refractivity contribution is -0.122. The highest BCUT2D eigenvalue weighted by atomic mass is 16.5. The molecule has 1 fully saturated rings. The maximum absolute atomic E-state index is 12.4. The Morgan fingerprint density at radius 3 is 2.88 bits per heavy atom. The van der Waals surface area contributed by atoms with Crippen LogP contribution in [0.1, 0.15) is 12.8 Å². The third-order valence-corrected chi connectivity index (χ3v) is 4.13. The summed E-state index contributed by atoms with van der Waals surface area (Å²) in [5, 5.41) is 6.89. The van der Waals surface area contributed by atoms with Crippen LogP contribution < -0.4 is 5.56 Å². The molecule has 3 heterocycles. The summed E-state index contributed by atoms with van der Waals surface area (Å²) in [6.45, 7) is 4.23. The third kappa shape index (κ3) is 5.30. The lowest BCUT2D eigenvalue weighted by Crippen LogP contribution is -2.40. The van der Waals surface area contributed by atoms with Gasteiger partial charge in [-0.2, -0.15) is 0 Å². The lowest BCUT2D eigenvalue weighted by atomic mass is 9.98. The van der Waals surface area contributed by atoms with Gasteiger partial charge in [0.2, 0.25) is 0 Å². The van der Waals surface area contributed by atoms with Gasteiger partial charge in [-0.25, -0.2) is 15.0 Å². The van der Waals surface area contributed by atoms with Crippen LogP contribution in [0.4, 0.5) is 0 Å². The summed E-state index contributed by atoms with van der Waals surface area (Å²) in [6, 6.07) is 0. The smallest absolute Gasteiger partial charge is 0.290 e. The number of methoxy groups -OCH3 is 1. The maximum Gasteiger partial charge on any atom is 0.290 e. The van der Waals surface area contributed by atoms with Gasteiger partial charge in [-0.15, -0.1) is 0 Å². The zero-order valence-corrected chi connectivity index (χ0v) is 14.2. The standard InChI is InChI=1S/C15H21N5O2.CH2O2/c1-22-8-7-19-6-2-3-12(9-19)10-20-11-18-14-13(15(20)21)16-4-5-17-14;2-1-3/h4-5,11-12H,2-3,6-10H2,1H3;1H,(H,2,3). The molecule has 2 aromatic heterocycles. The van der Waals surface area contributed by atoms with Crippen LogP contribution in [0.5, 0.6) is 0 Å². The van der Waals surface area contributed by atoms with Crippen molar-refractivity contribution in [2.45, 2.75) is 19.4 Å². The van der Waals surface area contributed by atoms with Crippen molar-refractivity contribution in [2.24, 2.45) is 5.92 Å². The van der Waals surface area contributed by atoms with Crippen LogP contribution in [0.3, 0.4) is 0 Å². The van der Waals surface area contributed by atoms with E-state index < -0.39 is 0 Å². The first-order chi connectivity index (χ1) is 12.2. The van der Waals surface area contributed by atoms with E-state index in [1.54, 1.807) is 24.2 Å². The fourth-order valence-electron chi connectivity index (χ4n) is 3.02. The van der Waals surface area contributed by atoms with Gasteiger partial charge in [0.1, 0.15) is 6.33 Å². The number of nitrogens with zero attached hydrogens (tertiary/aromatic N) is 5. The molecular formula is C16H23N5O4. The molecule has 0 saturated carbocycles. The molecule has 9 heteroatoms. The first-order valence-electron chi connectivity index (χ1n) is 8.15. The van der Waals surface area contributed by atoms with Crippen LogP contribution in [-0.4, -0.2) is 69.3 Å². The van der Waals surface area contributed by atoms with Crippen molar-refractivity contribution in [3.8, 4) is 0 Å². The van der Waals surface area contributed by atoms with Crippen LogP contribution in [0.25, 0.3) is 11.2 Å². The molecule has 1 saturated heterocycles. The molecule has 3 rings (SSSR count). The highest BCUT2D eigenvalue weighted by Gasteiger charge is 2.20. The number of aromatic nitrogens is 4. The molecule has 0 aliphatic carbocycles. The molecule has 0 spiro atoms. The number of rotatable bonds is 5. The van der Waals surface area contributed by atoms with Gasteiger partial charge in [0.25, 0.3) is 12.0 Å². The van der Waals surface area contributed by atoms with Gasteiger partial charge in [0, 0.05) is 39.1 Å². The Bertz CT molecular complexity index is 736. The Hall–Kier alpha value is -2.39. The number of carboxylic acid groups (broad SMARTS) is 1. The second-order valence-electron chi connectivity index (χ2n) is 5.84. The summed E-state index contributed by atoms with van der Waals surface area (Å²) in [6.07, 6.45) is 6.96. The molecule has 0 amide bonds. The summed E-state index contributed by atoms with van der Waals surface area (Å²) in [7, 11) is 1.72. The molecule has 9 nitrogen and oxygen atoms in total. The van der Waals surface area contributed by atoms with E-state index in [1.807, 2.05) is 0 Å². The molecule has 136 valence electrons. The van der Waals surface area contributed by atoms with E-state index in [0.717, 1.165) is 39.1 Å². The van der Waals surface area contributed by atoms with Gasteiger partial charge in [0.05, 0.1) is 6.61 Å². The fraction of sp³-hybridized carbons (Fsp3) is 0.562. The van der Waals surface area contributed by atoms with Gasteiger partial charge >= 0.3 is 0 Å². The highest BCUT2D eigenvalue weighted by Crippen LogP contribution is 2.17. The van der Waals surface area contributed by atoms with Crippen LogP contribution >= 0.6 is 0 Å². The Morgan fingerprint density at radius 2 is 2.12 bits per heavy atom. The van der Waals surface area contributed by atoms with Crippen molar-refractivity contribution in [1.82, 2.24) is 24.4 Å². The van der Waals surface area contributed by atoms with Crippen molar-refractivity contribution in [3.63, 3.8) is 0 Å². The van der Waals surface area contributed by atoms with E-state index in [0.29, 0.717) is 23.6 Å². The number of likely N-dealkylation sites (tertiary alicyclic amines) is 1. The average Bonchev–Trinajstić information content (AvgIpc) is 2.64. The van der Waals surface area contributed by atoms with Crippen molar-refractivity contribution in [3.05, 3.63) is 29.1 Å². The number of fused-ring (bicyclic) bond motifs is 1. The summed E-state index contributed by atoms with van der Waals surface area (Å²) < 4.78 is 6.81. The number of carbonyl (C=O) groups is 1. The van der Waals surface area contributed by atoms with Crippen LogP contribution in [0.2, 0.25) is 0 Å². The van der Waals surface area contributed by atoms with Crippen LogP contribution in [0.15, 0.2) is 23.5 Å². The molecular weight excluding hydrogens is 326 g/mol. The average molecular weight is 349 g/mol. The molecule has 1 aliphatic rings. The van der Waals surface area contributed by atoms with Crippen molar-refractivity contribution >= 4 is 17.6 Å². The van der Waals surface area contributed by atoms with Crippen LogP contribution in [0, 0.1) is 5.92 Å². The third-order valence-electron chi connectivity index (χ3n) is 4.13. The van der Waals surface area contributed by atoms with E-state index in [4.69, 9.17) is 14.6 Å². The normalized spacial score (nSPS) is 17.7. The first-order valence-corrected chi connectivity index (χ1v) is 8.15. The van der Waals surface area contributed by atoms with E-state index >= 15 is 0 Å². The van der Waals surface area contributed by atoms with Gasteiger partial charge < -0.3 is 14.7 Å². The second-order valence-corrected chi connectivity index (χ2v) is 5.84. The van der Waals surface area contributed by atoms with Crippen molar-refractivity contribution < 1.29 is 14.6 Å². The van der Waals surface area contributed by atoms with Gasteiger partial charge in [-0.3, -0.25) is 14.2 Å². The van der Waals surface area contributed by atoms with Gasteiger partial charge in [-0.05, 0) is 25.3 Å². The Balaban J connectivity index is 0.000000701. The molecule has 25 heavy (non-hydrogen) atoms. The quantitative estimate of drug-likeness (QED) is 0.765. The topological polar surface area (TPSA) is 110 Å². The summed E-state index contributed by atoms with van der Waals surface area (Å²) >= 11 is 0. The Labute approximate surface area is 145 Å². The summed E-state index contributed by atoms with van der Waals surface area (Å²) in [4.78, 5) is 35.6. The number of hydrogen-bond donors (Lipinski definition) is 1. The zero-order valence-electron chi connectivity index (χ0n) is 14.2. The van der Waals surface area contributed by atoms with E-state index in [-0.39, 0.29) is 12.0 Å².